The Labute approximate surface area is 228 Å². The molecular weight excluding hydrogens is 543 g/mol. The minimum absolute atomic E-state index is 0.0450. The van der Waals surface area contributed by atoms with Gasteiger partial charge >= 0.3 is 12.1 Å². The van der Waals surface area contributed by atoms with Crippen LogP contribution in [0.5, 0.6) is 11.5 Å². The summed E-state index contributed by atoms with van der Waals surface area (Å²) in [6.45, 7) is -0.565. The van der Waals surface area contributed by atoms with Crippen LogP contribution in [-0.2, 0) is 14.8 Å². The first-order valence-corrected chi connectivity index (χ1v) is 14.1. The summed E-state index contributed by atoms with van der Waals surface area (Å²) in [5.74, 6) is -0.462. The average Bonchev–Trinajstić information content (AvgIpc) is 3.67. The van der Waals surface area contributed by atoms with Gasteiger partial charge in [-0.2, -0.15) is 0 Å². The highest BCUT2D eigenvalue weighted by atomic mass is 32.2. The molecule has 1 aliphatic rings. The molecule has 4 aromatic rings. The monoisotopic (exact) mass is 568 g/mol. The number of rotatable bonds is 9. The number of aliphatic hydroxyl groups excluding tert-OH is 1. The third-order valence-electron chi connectivity index (χ3n) is 6.39. The highest BCUT2D eigenvalue weighted by Gasteiger charge is 2.33. The van der Waals surface area contributed by atoms with E-state index in [9.17, 15) is 27.5 Å². The van der Waals surface area contributed by atoms with Crippen LogP contribution in [0.25, 0.3) is 22.3 Å². The van der Waals surface area contributed by atoms with Gasteiger partial charge < -0.3 is 24.7 Å². The van der Waals surface area contributed by atoms with Crippen molar-refractivity contribution in [2.45, 2.75) is 18.8 Å². The smallest absolute Gasteiger partial charge is 0.412 e. The SMILES string of the molecule is CS(=O)(=O)N(CCO)c1cc2oc(-c3ccc(Oc4ccc(F)cc4)cc3)c(C(=O)OC(N)=O)c2cc1C1CC1. The van der Waals surface area contributed by atoms with Crippen LogP contribution in [0.2, 0.25) is 0 Å². The zero-order valence-corrected chi connectivity index (χ0v) is 22.1. The maximum atomic E-state index is 13.2. The summed E-state index contributed by atoms with van der Waals surface area (Å²) >= 11 is 0. The Hall–Kier alpha value is -4.42. The van der Waals surface area contributed by atoms with Gasteiger partial charge in [0.25, 0.3) is 0 Å². The molecule has 10 nitrogen and oxygen atoms in total. The standard InChI is InChI=1S/C28H25FN2O8S/c1-40(35,36)31(12-13-32)23-15-24-22(14-21(23)16-2-3-16)25(27(33)39-28(30)34)26(38-24)17-4-8-19(9-5-17)37-20-10-6-18(29)7-11-20/h4-11,14-16,32H,2-3,12-13H2,1H3,(H2,30,34). The Kier molecular flexibility index (Phi) is 7.21. The summed E-state index contributed by atoms with van der Waals surface area (Å²) in [5, 5.41) is 9.86. The van der Waals surface area contributed by atoms with Crippen molar-refractivity contribution < 1.29 is 41.4 Å². The van der Waals surface area contributed by atoms with Crippen molar-refractivity contribution in [2.24, 2.45) is 5.73 Å². The van der Waals surface area contributed by atoms with E-state index in [0.717, 1.165) is 23.4 Å². The Morgan fingerprint density at radius 2 is 1.70 bits per heavy atom. The topological polar surface area (TPSA) is 149 Å². The van der Waals surface area contributed by atoms with Crippen molar-refractivity contribution in [2.75, 3.05) is 23.7 Å². The number of hydrogen-bond acceptors (Lipinski definition) is 8. The summed E-state index contributed by atoms with van der Waals surface area (Å²) in [4.78, 5) is 24.5. The number of fused-ring (bicyclic) bond motifs is 1. The van der Waals surface area contributed by atoms with Crippen LogP contribution in [-0.4, -0.2) is 45.0 Å². The normalized spacial score (nSPS) is 13.3. The lowest BCUT2D eigenvalue weighted by Gasteiger charge is -2.24. The quantitative estimate of drug-likeness (QED) is 0.214. The summed E-state index contributed by atoms with van der Waals surface area (Å²) in [7, 11) is -3.75. The Bertz CT molecular complexity index is 1700. The lowest BCUT2D eigenvalue weighted by Crippen LogP contribution is -2.33. The number of sulfonamides is 1. The van der Waals surface area contributed by atoms with Crippen LogP contribution in [0.3, 0.4) is 0 Å². The maximum Gasteiger partial charge on any atom is 0.412 e. The number of aliphatic hydroxyl groups is 1. The van der Waals surface area contributed by atoms with Crippen LogP contribution in [0.1, 0.15) is 34.7 Å². The van der Waals surface area contributed by atoms with E-state index < -0.39 is 34.5 Å². The lowest BCUT2D eigenvalue weighted by atomic mass is 10.0. The van der Waals surface area contributed by atoms with Crippen molar-refractivity contribution in [1.82, 2.24) is 0 Å². The van der Waals surface area contributed by atoms with Gasteiger partial charge in [0.05, 0.1) is 25.1 Å². The van der Waals surface area contributed by atoms with Crippen LogP contribution in [0.15, 0.2) is 65.1 Å². The van der Waals surface area contributed by atoms with Crippen molar-refractivity contribution in [3.8, 4) is 22.8 Å². The van der Waals surface area contributed by atoms with Gasteiger partial charge in [-0.05, 0) is 78.9 Å². The predicted molar refractivity (Wildman–Crippen MR) is 144 cm³/mol. The number of nitrogens with zero attached hydrogens (tertiary/aromatic N) is 1. The maximum absolute atomic E-state index is 13.2. The molecule has 0 atom stereocenters. The van der Waals surface area contributed by atoms with Gasteiger partial charge in [0.2, 0.25) is 10.0 Å². The second-order valence-electron chi connectivity index (χ2n) is 9.34. The van der Waals surface area contributed by atoms with E-state index in [2.05, 4.69) is 0 Å². The Balaban J connectivity index is 1.63. The van der Waals surface area contributed by atoms with E-state index in [1.165, 1.54) is 30.3 Å². The number of primary amides is 1. The number of amides is 1. The van der Waals surface area contributed by atoms with Gasteiger partial charge in [0.1, 0.15) is 34.2 Å². The summed E-state index contributed by atoms with van der Waals surface area (Å²) in [5.41, 5.74) is 6.67. The fourth-order valence-electron chi connectivity index (χ4n) is 4.50. The van der Waals surface area contributed by atoms with Gasteiger partial charge in [-0.25, -0.2) is 22.4 Å². The number of ether oxygens (including phenoxy) is 2. The highest BCUT2D eigenvalue weighted by molar-refractivity contribution is 7.92. The third-order valence-corrected chi connectivity index (χ3v) is 7.57. The summed E-state index contributed by atoms with van der Waals surface area (Å²) in [6, 6.07) is 15.1. The number of esters is 1. The number of furan rings is 1. The molecule has 1 heterocycles. The molecule has 0 bridgehead atoms. The number of carbonyl (C=O) groups excluding carboxylic acids is 2. The van der Waals surface area contributed by atoms with Gasteiger partial charge in [-0.15, -0.1) is 0 Å². The number of hydrogen-bond donors (Lipinski definition) is 2. The second kappa shape index (κ2) is 10.6. The molecule has 0 saturated heterocycles. The first-order valence-electron chi connectivity index (χ1n) is 12.3. The summed E-state index contributed by atoms with van der Waals surface area (Å²) in [6.07, 6.45) is 1.38. The molecule has 12 heteroatoms. The molecule has 3 aromatic carbocycles. The van der Waals surface area contributed by atoms with Gasteiger partial charge in [0, 0.05) is 17.0 Å². The molecule has 5 rings (SSSR count). The lowest BCUT2D eigenvalue weighted by molar-refractivity contribution is 0.0640. The molecule has 1 amide bonds. The first-order chi connectivity index (χ1) is 19.0. The van der Waals surface area contributed by atoms with Crippen molar-refractivity contribution in [3.63, 3.8) is 0 Å². The molecular formula is C28H25FN2O8S. The van der Waals surface area contributed by atoms with E-state index in [4.69, 9.17) is 19.6 Å². The van der Waals surface area contributed by atoms with Crippen molar-refractivity contribution in [3.05, 3.63) is 77.6 Å². The molecule has 0 radical (unpaired) electrons. The molecule has 1 fully saturated rings. The molecule has 40 heavy (non-hydrogen) atoms. The largest absolute Gasteiger partial charge is 0.457 e. The molecule has 1 saturated carbocycles. The van der Waals surface area contributed by atoms with E-state index in [1.54, 1.807) is 30.3 Å². The van der Waals surface area contributed by atoms with Crippen LogP contribution < -0.4 is 14.8 Å². The molecule has 0 spiro atoms. The minimum Gasteiger partial charge on any atom is -0.457 e. The van der Waals surface area contributed by atoms with E-state index >= 15 is 0 Å². The van der Waals surface area contributed by atoms with Gasteiger partial charge in [-0.3, -0.25) is 4.31 Å². The average molecular weight is 569 g/mol. The summed E-state index contributed by atoms with van der Waals surface area (Å²) < 4.78 is 56.0. The number of halogens is 1. The Morgan fingerprint density at radius 1 is 1.07 bits per heavy atom. The molecule has 1 aromatic heterocycles. The second-order valence-corrected chi connectivity index (χ2v) is 11.2. The zero-order valence-electron chi connectivity index (χ0n) is 21.3. The number of anilines is 1. The molecule has 208 valence electrons. The van der Waals surface area contributed by atoms with Gasteiger partial charge in [0.15, 0.2) is 0 Å². The highest BCUT2D eigenvalue weighted by Crippen LogP contribution is 2.48. The number of nitrogens with two attached hydrogens (primary N) is 1. The van der Waals surface area contributed by atoms with E-state index in [-0.39, 0.29) is 29.4 Å². The van der Waals surface area contributed by atoms with Crippen LogP contribution in [0.4, 0.5) is 14.9 Å². The fourth-order valence-corrected chi connectivity index (χ4v) is 5.43. The van der Waals surface area contributed by atoms with E-state index in [0.29, 0.717) is 33.7 Å². The van der Waals surface area contributed by atoms with Crippen molar-refractivity contribution >= 4 is 38.7 Å². The van der Waals surface area contributed by atoms with Crippen molar-refractivity contribution in [1.29, 1.82) is 0 Å². The van der Waals surface area contributed by atoms with Gasteiger partial charge in [-0.1, -0.05) is 0 Å². The number of carbonyl (C=O) groups is 2. The first kappa shape index (κ1) is 27.2. The Morgan fingerprint density at radius 3 is 2.25 bits per heavy atom. The fraction of sp³-hybridized carbons (Fsp3) is 0.214. The number of benzene rings is 3. The molecule has 0 unspecified atom stereocenters. The van der Waals surface area contributed by atoms with E-state index in [1.807, 2.05) is 0 Å². The minimum atomic E-state index is -3.75. The molecule has 3 N–H and O–H groups in total. The predicted octanol–water partition coefficient (Wildman–Crippen LogP) is 4.90. The third kappa shape index (κ3) is 5.63. The molecule has 0 aliphatic heterocycles. The van der Waals surface area contributed by atoms with Crippen LogP contribution >= 0.6 is 0 Å². The zero-order chi connectivity index (χ0) is 28.6. The van der Waals surface area contributed by atoms with Crippen LogP contribution in [0, 0.1) is 5.82 Å². The molecule has 1 aliphatic carbocycles.